The van der Waals surface area contributed by atoms with Crippen LogP contribution < -0.4 is 5.73 Å². The van der Waals surface area contributed by atoms with E-state index in [1.165, 1.54) is 0 Å². The summed E-state index contributed by atoms with van der Waals surface area (Å²) in [6, 6.07) is 0. The standard InChI is InChI=1S/C9H20N2O2/c1-3-11(7-6-10)9(12)5-8-13-4-2/h3-8,10H2,1-2H3. The van der Waals surface area contributed by atoms with E-state index < -0.39 is 0 Å². The fourth-order valence-electron chi connectivity index (χ4n) is 1.08. The second-order valence-electron chi connectivity index (χ2n) is 2.71. The molecular formula is C9H20N2O2. The molecule has 0 aromatic carbocycles. The van der Waals surface area contributed by atoms with Crippen LogP contribution in [-0.4, -0.2) is 43.7 Å². The van der Waals surface area contributed by atoms with Gasteiger partial charge in [-0.25, -0.2) is 0 Å². The van der Waals surface area contributed by atoms with Gasteiger partial charge in [0, 0.05) is 26.2 Å². The second-order valence-corrected chi connectivity index (χ2v) is 2.71. The zero-order valence-electron chi connectivity index (χ0n) is 8.58. The van der Waals surface area contributed by atoms with E-state index in [2.05, 4.69) is 0 Å². The van der Waals surface area contributed by atoms with Crippen molar-refractivity contribution in [3.05, 3.63) is 0 Å². The maximum Gasteiger partial charge on any atom is 0.224 e. The van der Waals surface area contributed by atoms with Crippen LogP contribution in [0.15, 0.2) is 0 Å². The summed E-state index contributed by atoms with van der Waals surface area (Å²) in [6.45, 7) is 6.93. The van der Waals surface area contributed by atoms with Gasteiger partial charge in [0.15, 0.2) is 0 Å². The summed E-state index contributed by atoms with van der Waals surface area (Å²) >= 11 is 0. The van der Waals surface area contributed by atoms with Gasteiger partial charge in [-0.2, -0.15) is 0 Å². The van der Waals surface area contributed by atoms with Gasteiger partial charge in [0.1, 0.15) is 0 Å². The van der Waals surface area contributed by atoms with Gasteiger partial charge in [0.05, 0.1) is 13.0 Å². The summed E-state index contributed by atoms with van der Waals surface area (Å²) in [5.74, 6) is 0.126. The molecule has 4 nitrogen and oxygen atoms in total. The lowest BCUT2D eigenvalue weighted by Crippen LogP contribution is -2.35. The molecule has 0 saturated carbocycles. The van der Waals surface area contributed by atoms with Crippen molar-refractivity contribution in [3.8, 4) is 0 Å². The molecule has 1 amide bonds. The number of carbonyl (C=O) groups is 1. The molecule has 78 valence electrons. The molecule has 4 heteroatoms. The number of nitrogens with two attached hydrogens (primary N) is 1. The molecule has 13 heavy (non-hydrogen) atoms. The van der Waals surface area contributed by atoms with Gasteiger partial charge in [-0.3, -0.25) is 4.79 Å². The van der Waals surface area contributed by atoms with Crippen molar-refractivity contribution in [2.24, 2.45) is 5.73 Å². The number of ether oxygens (including phenoxy) is 1. The third-order valence-corrected chi connectivity index (χ3v) is 1.80. The molecule has 2 N–H and O–H groups in total. The highest BCUT2D eigenvalue weighted by molar-refractivity contribution is 5.76. The number of rotatable bonds is 7. The van der Waals surface area contributed by atoms with E-state index in [1.54, 1.807) is 4.90 Å². The van der Waals surface area contributed by atoms with Crippen molar-refractivity contribution in [1.29, 1.82) is 0 Å². The van der Waals surface area contributed by atoms with Crippen molar-refractivity contribution in [1.82, 2.24) is 4.90 Å². The summed E-state index contributed by atoms with van der Waals surface area (Å²) in [7, 11) is 0. The molecule has 0 radical (unpaired) electrons. The zero-order valence-corrected chi connectivity index (χ0v) is 8.58. The maximum absolute atomic E-state index is 11.4. The maximum atomic E-state index is 11.4. The van der Waals surface area contributed by atoms with Crippen molar-refractivity contribution in [2.75, 3.05) is 32.8 Å². The first-order valence-electron chi connectivity index (χ1n) is 4.81. The van der Waals surface area contributed by atoms with Gasteiger partial charge in [-0.15, -0.1) is 0 Å². The van der Waals surface area contributed by atoms with Gasteiger partial charge >= 0.3 is 0 Å². The Labute approximate surface area is 80.0 Å². The summed E-state index contributed by atoms with van der Waals surface area (Å²) in [4.78, 5) is 13.2. The average molecular weight is 188 g/mol. The van der Waals surface area contributed by atoms with Gasteiger partial charge in [-0.05, 0) is 13.8 Å². The topological polar surface area (TPSA) is 55.6 Å². The molecule has 0 unspecified atom stereocenters. The SMILES string of the molecule is CCOCCC(=O)N(CC)CCN. The lowest BCUT2D eigenvalue weighted by molar-refractivity contribution is -0.132. The van der Waals surface area contributed by atoms with Crippen LogP contribution in [0.5, 0.6) is 0 Å². The fraction of sp³-hybridized carbons (Fsp3) is 0.889. The van der Waals surface area contributed by atoms with Gasteiger partial charge < -0.3 is 15.4 Å². The van der Waals surface area contributed by atoms with Gasteiger partial charge in [0.2, 0.25) is 5.91 Å². The third-order valence-electron chi connectivity index (χ3n) is 1.80. The van der Waals surface area contributed by atoms with Crippen LogP contribution in [0, 0.1) is 0 Å². The molecule has 0 spiro atoms. The van der Waals surface area contributed by atoms with Crippen LogP contribution in [0.3, 0.4) is 0 Å². The predicted octanol–water partition coefficient (Wildman–Crippen LogP) is 0.220. The largest absolute Gasteiger partial charge is 0.381 e. The lowest BCUT2D eigenvalue weighted by Gasteiger charge is -2.19. The van der Waals surface area contributed by atoms with Crippen molar-refractivity contribution >= 4 is 5.91 Å². The number of hydrogen-bond acceptors (Lipinski definition) is 3. The molecule has 0 atom stereocenters. The van der Waals surface area contributed by atoms with E-state index in [0.717, 1.165) is 6.54 Å². The third kappa shape index (κ3) is 5.60. The number of hydrogen-bond donors (Lipinski definition) is 1. The van der Waals surface area contributed by atoms with Crippen LogP contribution in [0.4, 0.5) is 0 Å². The van der Waals surface area contributed by atoms with E-state index >= 15 is 0 Å². The Morgan fingerprint density at radius 1 is 1.46 bits per heavy atom. The summed E-state index contributed by atoms with van der Waals surface area (Å²) in [5, 5.41) is 0. The molecule has 0 aliphatic heterocycles. The van der Waals surface area contributed by atoms with Crippen molar-refractivity contribution < 1.29 is 9.53 Å². The monoisotopic (exact) mass is 188 g/mol. The summed E-state index contributed by atoms with van der Waals surface area (Å²) < 4.78 is 5.10. The molecule has 0 rings (SSSR count). The lowest BCUT2D eigenvalue weighted by atomic mass is 10.3. The Balaban J connectivity index is 3.64. The first kappa shape index (κ1) is 12.4. The Morgan fingerprint density at radius 3 is 2.62 bits per heavy atom. The molecule has 0 bridgehead atoms. The van der Waals surface area contributed by atoms with E-state index in [1.807, 2.05) is 13.8 Å². The molecule has 0 heterocycles. The first-order chi connectivity index (χ1) is 6.26. The van der Waals surface area contributed by atoms with Crippen LogP contribution >= 0.6 is 0 Å². The molecule has 0 aliphatic carbocycles. The quantitative estimate of drug-likeness (QED) is 0.581. The second kappa shape index (κ2) is 8.01. The van der Waals surface area contributed by atoms with Crippen LogP contribution in [0.2, 0.25) is 0 Å². The number of likely N-dealkylation sites (N-methyl/N-ethyl adjacent to an activating group) is 1. The Kier molecular flexibility index (Phi) is 7.63. The van der Waals surface area contributed by atoms with Crippen molar-refractivity contribution in [2.45, 2.75) is 20.3 Å². The fourth-order valence-corrected chi connectivity index (χ4v) is 1.08. The normalized spacial score (nSPS) is 10.1. The number of amides is 1. The molecule has 0 aliphatic rings. The predicted molar refractivity (Wildman–Crippen MR) is 52.4 cm³/mol. The zero-order chi connectivity index (χ0) is 10.1. The van der Waals surface area contributed by atoms with Crippen LogP contribution in [0.1, 0.15) is 20.3 Å². The molecule has 0 fully saturated rings. The highest BCUT2D eigenvalue weighted by atomic mass is 16.5. The number of nitrogens with zero attached hydrogens (tertiary/aromatic N) is 1. The van der Waals surface area contributed by atoms with Gasteiger partial charge in [0.25, 0.3) is 0 Å². The number of carbonyl (C=O) groups excluding carboxylic acids is 1. The average Bonchev–Trinajstić information content (AvgIpc) is 2.14. The van der Waals surface area contributed by atoms with E-state index in [4.69, 9.17) is 10.5 Å². The van der Waals surface area contributed by atoms with E-state index in [9.17, 15) is 4.79 Å². The van der Waals surface area contributed by atoms with E-state index in [0.29, 0.717) is 32.7 Å². The Hall–Kier alpha value is -0.610. The van der Waals surface area contributed by atoms with Crippen molar-refractivity contribution in [3.63, 3.8) is 0 Å². The molecular weight excluding hydrogens is 168 g/mol. The summed E-state index contributed by atoms with van der Waals surface area (Å²) in [5.41, 5.74) is 5.37. The highest BCUT2D eigenvalue weighted by Crippen LogP contribution is 1.93. The molecule has 0 aromatic rings. The first-order valence-corrected chi connectivity index (χ1v) is 4.81. The molecule has 0 saturated heterocycles. The smallest absolute Gasteiger partial charge is 0.224 e. The summed E-state index contributed by atoms with van der Waals surface area (Å²) in [6.07, 6.45) is 0.460. The van der Waals surface area contributed by atoms with E-state index in [-0.39, 0.29) is 5.91 Å². The minimum atomic E-state index is 0.126. The van der Waals surface area contributed by atoms with Crippen LogP contribution in [-0.2, 0) is 9.53 Å². The van der Waals surface area contributed by atoms with Gasteiger partial charge in [-0.1, -0.05) is 0 Å². The Bertz CT molecular complexity index is 140. The van der Waals surface area contributed by atoms with Crippen LogP contribution in [0.25, 0.3) is 0 Å². The minimum Gasteiger partial charge on any atom is -0.381 e. The Morgan fingerprint density at radius 2 is 2.15 bits per heavy atom. The molecule has 0 aromatic heterocycles. The highest BCUT2D eigenvalue weighted by Gasteiger charge is 2.09. The minimum absolute atomic E-state index is 0.126.